The molecule has 4 nitrogen and oxygen atoms in total. The molecule has 0 radical (unpaired) electrons. The van der Waals surface area contributed by atoms with Crippen LogP contribution in [0, 0.1) is 0 Å². The number of rotatable bonds is 4. The summed E-state index contributed by atoms with van der Waals surface area (Å²) in [5.41, 5.74) is 5.22. The van der Waals surface area contributed by atoms with Crippen molar-refractivity contribution in [3.63, 3.8) is 0 Å². The van der Waals surface area contributed by atoms with Crippen molar-refractivity contribution in [2.45, 2.75) is 32.2 Å². The van der Waals surface area contributed by atoms with Crippen molar-refractivity contribution in [3.05, 3.63) is 87.3 Å². The van der Waals surface area contributed by atoms with Gasteiger partial charge in [0.1, 0.15) is 4.83 Å². The van der Waals surface area contributed by atoms with Gasteiger partial charge < -0.3 is 0 Å². The Hall–Kier alpha value is -3.05. The summed E-state index contributed by atoms with van der Waals surface area (Å²) >= 11 is 1.47. The molecule has 5 rings (SSSR count). The van der Waals surface area contributed by atoms with Crippen molar-refractivity contribution in [1.82, 2.24) is 9.55 Å². The van der Waals surface area contributed by atoms with E-state index in [0.717, 1.165) is 24.0 Å². The van der Waals surface area contributed by atoms with Gasteiger partial charge in [-0.05, 0) is 42.4 Å². The first-order valence-corrected chi connectivity index (χ1v) is 10.8. The lowest BCUT2D eigenvalue weighted by Crippen LogP contribution is -2.24. The van der Waals surface area contributed by atoms with E-state index in [1.54, 1.807) is 12.1 Å². The van der Waals surface area contributed by atoms with Crippen LogP contribution in [0.5, 0.6) is 0 Å². The summed E-state index contributed by atoms with van der Waals surface area (Å²) in [6.07, 6.45) is 6.18. The second kappa shape index (κ2) is 7.41. The second-order valence-corrected chi connectivity index (χ2v) is 8.35. The van der Waals surface area contributed by atoms with Crippen molar-refractivity contribution >= 4 is 27.3 Å². The number of ketones is 1. The van der Waals surface area contributed by atoms with E-state index in [9.17, 15) is 9.59 Å². The quantitative estimate of drug-likeness (QED) is 0.459. The Morgan fingerprint density at radius 3 is 2.66 bits per heavy atom. The van der Waals surface area contributed by atoms with Gasteiger partial charge in [0.15, 0.2) is 5.78 Å². The third kappa shape index (κ3) is 3.32. The van der Waals surface area contributed by atoms with Crippen LogP contribution in [0.15, 0.2) is 65.0 Å². The molecule has 0 bridgehead atoms. The number of nitrogens with zero attached hydrogens (tertiary/aromatic N) is 2. The standard InChI is InChI=1S/C24H20N2O2S/c27-21(17-7-2-1-3-8-17)13-26-15-25-23-22(24(26)28)20(14-29-23)19-11-10-16-6-4-5-9-18(16)12-19/h1-3,7-8,10-12,14-15H,4-6,9,13H2. The molecule has 1 aliphatic carbocycles. The fourth-order valence-electron chi connectivity index (χ4n) is 4.06. The molecule has 0 aliphatic heterocycles. The van der Waals surface area contributed by atoms with Crippen molar-refractivity contribution in [2.75, 3.05) is 0 Å². The van der Waals surface area contributed by atoms with Gasteiger partial charge in [-0.2, -0.15) is 0 Å². The third-order valence-corrected chi connectivity index (χ3v) is 6.52. The minimum atomic E-state index is -0.159. The fraction of sp³-hybridized carbons (Fsp3) is 0.208. The Kier molecular flexibility index (Phi) is 4.60. The molecule has 0 unspecified atom stereocenters. The topological polar surface area (TPSA) is 52.0 Å². The number of benzene rings is 2. The van der Waals surface area contributed by atoms with Crippen LogP contribution in [-0.4, -0.2) is 15.3 Å². The normalized spacial score (nSPS) is 13.4. The zero-order chi connectivity index (χ0) is 19.8. The van der Waals surface area contributed by atoms with Gasteiger partial charge in [0.2, 0.25) is 0 Å². The lowest BCUT2D eigenvalue weighted by molar-refractivity contribution is 0.0970. The van der Waals surface area contributed by atoms with Crippen LogP contribution in [0.4, 0.5) is 0 Å². The van der Waals surface area contributed by atoms with E-state index in [1.165, 1.54) is 46.2 Å². The smallest absolute Gasteiger partial charge is 0.263 e. The van der Waals surface area contributed by atoms with Gasteiger partial charge in [-0.25, -0.2) is 4.98 Å². The molecule has 0 amide bonds. The molecule has 2 aromatic heterocycles. The Balaban J connectivity index is 1.56. The minimum absolute atomic E-state index is 0.00867. The maximum atomic E-state index is 13.2. The summed E-state index contributed by atoms with van der Waals surface area (Å²) in [6, 6.07) is 15.6. The molecule has 2 aromatic carbocycles. The summed E-state index contributed by atoms with van der Waals surface area (Å²) < 4.78 is 1.42. The largest absolute Gasteiger partial charge is 0.292 e. The van der Waals surface area contributed by atoms with Crippen LogP contribution in [0.2, 0.25) is 0 Å². The van der Waals surface area contributed by atoms with Gasteiger partial charge in [-0.1, -0.05) is 48.5 Å². The third-order valence-electron chi connectivity index (χ3n) is 5.63. The van der Waals surface area contributed by atoms with E-state index in [4.69, 9.17) is 0 Å². The SMILES string of the molecule is O=C(Cn1cnc2scc(-c3ccc4c(c3)CCCC4)c2c1=O)c1ccccc1. The van der Waals surface area contributed by atoms with Crippen LogP contribution >= 0.6 is 11.3 Å². The first-order chi connectivity index (χ1) is 14.2. The van der Waals surface area contributed by atoms with Gasteiger partial charge in [0.05, 0.1) is 18.3 Å². The van der Waals surface area contributed by atoms with Gasteiger partial charge in [-0.15, -0.1) is 11.3 Å². The maximum Gasteiger partial charge on any atom is 0.263 e. The number of Topliss-reactive ketones (excluding diaryl/α,β-unsaturated/α-hetero) is 1. The number of hydrogen-bond acceptors (Lipinski definition) is 4. The molecule has 0 saturated heterocycles. The number of carbonyl (C=O) groups excluding carboxylic acids is 1. The maximum absolute atomic E-state index is 13.2. The summed E-state index contributed by atoms with van der Waals surface area (Å²) in [5.74, 6) is -0.0978. The van der Waals surface area contributed by atoms with Gasteiger partial charge >= 0.3 is 0 Å². The fourth-order valence-corrected chi connectivity index (χ4v) is 4.97. The molecule has 0 N–H and O–H groups in total. The first-order valence-electron chi connectivity index (χ1n) is 9.88. The van der Waals surface area contributed by atoms with E-state index in [1.807, 2.05) is 23.6 Å². The molecule has 5 heteroatoms. The average molecular weight is 401 g/mol. The van der Waals surface area contributed by atoms with Crippen molar-refractivity contribution in [1.29, 1.82) is 0 Å². The molecule has 0 spiro atoms. The predicted molar refractivity (Wildman–Crippen MR) is 117 cm³/mol. The van der Waals surface area contributed by atoms with Gasteiger partial charge in [0.25, 0.3) is 5.56 Å². The lowest BCUT2D eigenvalue weighted by atomic mass is 9.89. The van der Waals surface area contributed by atoms with Crippen molar-refractivity contribution in [2.24, 2.45) is 0 Å². The Bertz CT molecular complexity index is 1270. The number of fused-ring (bicyclic) bond motifs is 2. The average Bonchev–Trinajstić information content (AvgIpc) is 3.21. The summed E-state index contributed by atoms with van der Waals surface area (Å²) in [4.78, 5) is 31.0. The van der Waals surface area contributed by atoms with Crippen LogP contribution in [-0.2, 0) is 19.4 Å². The Morgan fingerprint density at radius 1 is 1.03 bits per heavy atom. The molecule has 29 heavy (non-hydrogen) atoms. The summed E-state index contributed by atoms with van der Waals surface area (Å²) in [7, 11) is 0. The van der Waals surface area contributed by atoms with E-state index in [2.05, 4.69) is 23.2 Å². The Morgan fingerprint density at radius 2 is 1.83 bits per heavy atom. The van der Waals surface area contributed by atoms with Crippen LogP contribution in [0.3, 0.4) is 0 Å². The number of aromatic nitrogens is 2. The van der Waals surface area contributed by atoms with E-state index >= 15 is 0 Å². The summed E-state index contributed by atoms with van der Waals surface area (Å²) in [6.45, 7) is -0.00867. The molecule has 0 saturated carbocycles. The minimum Gasteiger partial charge on any atom is -0.292 e. The zero-order valence-corrected chi connectivity index (χ0v) is 16.7. The van der Waals surface area contributed by atoms with Gasteiger partial charge in [0, 0.05) is 16.5 Å². The molecule has 0 fully saturated rings. The monoisotopic (exact) mass is 400 g/mol. The first kappa shape index (κ1) is 18.0. The van der Waals surface area contributed by atoms with Crippen LogP contribution in [0.25, 0.3) is 21.3 Å². The number of carbonyl (C=O) groups is 1. The molecular formula is C24H20N2O2S. The highest BCUT2D eigenvalue weighted by atomic mass is 32.1. The number of thiophene rings is 1. The molecule has 144 valence electrons. The highest BCUT2D eigenvalue weighted by molar-refractivity contribution is 7.17. The van der Waals surface area contributed by atoms with E-state index in [-0.39, 0.29) is 17.9 Å². The lowest BCUT2D eigenvalue weighted by Gasteiger charge is -2.16. The molecule has 2 heterocycles. The molecule has 0 atom stereocenters. The van der Waals surface area contributed by atoms with E-state index in [0.29, 0.717) is 15.8 Å². The number of aryl methyl sites for hydroxylation is 2. The van der Waals surface area contributed by atoms with Crippen molar-refractivity contribution in [3.8, 4) is 11.1 Å². The molecular weight excluding hydrogens is 380 g/mol. The second-order valence-electron chi connectivity index (χ2n) is 7.49. The predicted octanol–water partition coefficient (Wildman–Crippen LogP) is 4.89. The highest BCUT2D eigenvalue weighted by Crippen LogP contribution is 2.33. The number of hydrogen-bond donors (Lipinski definition) is 0. The van der Waals surface area contributed by atoms with Gasteiger partial charge in [-0.3, -0.25) is 14.2 Å². The Labute approximate surface area is 172 Å². The molecule has 4 aromatic rings. The van der Waals surface area contributed by atoms with Crippen molar-refractivity contribution < 1.29 is 4.79 Å². The van der Waals surface area contributed by atoms with Crippen LogP contribution < -0.4 is 5.56 Å². The van der Waals surface area contributed by atoms with E-state index < -0.39 is 0 Å². The highest BCUT2D eigenvalue weighted by Gasteiger charge is 2.17. The molecule has 1 aliphatic rings. The zero-order valence-electron chi connectivity index (χ0n) is 15.9. The van der Waals surface area contributed by atoms with Crippen LogP contribution in [0.1, 0.15) is 34.3 Å². The summed E-state index contributed by atoms with van der Waals surface area (Å²) in [5, 5.41) is 2.61.